The van der Waals surface area contributed by atoms with E-state index in [1.165, 1.54) is 0 Å². The molecule has 0 spiro atoms. The van der Waals surface area contributed by atoms with Crippen LogP contribution in [0.15, 0.2) is 0 Å². The normalized spacial score (nSPS) is 31.9. The Bertz CT molecular complexity index is 361. The Morgan fingerprint density at radius 2 is 2.14 bits per heavy atom. The van der Waals surface area contributed by atoms with Crippen LogP contribution in [0.5, 0.6) is 0 Å². The van der Waals surface area contributed by atoms with Crippen LogP contribution in [-0.2, 0) is 9.53 Å². The van der Waals surface area contributed by atoms with Gasteiger partial charge >= 0.3 is 5.97 Å². The minimum absolute atomic E-state index is 0.221. The van der Waals surface area contributed by atoms with E-state index in [-0.39, 0.29) is 6.10 Å². The zero-order chi connectivity index (χ0) is 15.5. The lowest BCUT2D eigenvalue weighted by Gasteiger charge is -2.35. The maximum absolute atomic E-state index is 11.5. The molecule has 5 nitrogen and oxygen atoms in total. The van der Waals surface area contributed by atoms with Crippen LogP contribution < -0.4 is 0 Å². The van der Waals surface area contributed by atoms with Gasteiger partial charge in [-0.1, -0.05) is 20.8 Å². The molecular formula is C16H30N2O3. The Labute approximate surface area is 128 Å². The summed E-state index contributed by atoms with van der Waals surface area (Å²) in [6.45, 7) is 12.8. The van der Waals surface area contributed by atoms with Crippen LogP contribution in [0.2, 0.25) is 0 Å². The Kier molecular flexibility index (Phi) is 5.63. The first kappa shape index (κ1) is 16.7. The van der Waals surface area contributed by atoms with Gasteiger partial charge in [-0.05, 0) is 25.3 Å². The molecule has 0 radical (unpaired) electrons. The maximum Gasteiger partial charge on any atom is 0.310 e. The molecule has 2 saturated heterocycles. The number of likely N-dealkylation sites (tertiary alicyclic amines) is 1. The smallest absolute Gasteiger partial charge is 0.310 e. The zero-order valence-corrected chi connectivity index (χ0v) is 13.7. The van der Waals surface area contributed by atoms with E-state index in [9.17, 15) is 9.90 Å². The second-order valence-corrected chi connectivity index (χ2v) is 7.07. The zero-order valence-electron chi connectivity index (χ0n) is 13.7. The molecule has 0 saturated carbocycles. The van der Waals surface area contributed by atoms with E-state index in [1.807, 2.05) is 6.92 Å². The summed E-state index contributed by atoms with van der Waals surface area (Å²) in [5.41, 5.74) is -0.535. The molecule has 2 aliphatic heterocycles. The third-order valence-corrected chi connectivity index (χ3v) is 4.87. The number of nitrogens with zero attached hydrogens (tertiary/aromatic N) is 2. The SMILES string of the molecule is CCC1(C(=O)O)CCN(CC2CN(CC(C)C)CCO2)C1. The molecule has 2 unspecified atom stereocenters. The van der Waals surface area contributed by atoms with E-state index in [2.05, 4.69) is 23.6 Å². The van der Waals surface area contributed by atoms with Gasteiger partial charge in [0.15, 0.2) is 0 Å². The summed E-state index contributed by atoms with van der Waals surface area (Å²) >= 11 is 0. The molecule has 0 aromatic heterocycles. The summed E-state index contributed by atoms with van der Waals surface area (Å²) in [7, 11) is 0. The van der Waals surface area contributed by atoms with Crippen molar-refractivity contribution in [3.05, 3.63) is 0 Å². The van der Waals surface area contributed by atoms with Crippen molar-refractivity contribution in [2.45, 2.75) is 39.7 Å². The maximum atomic E-state index is 11.5. The largest absolute Gasteiger partial charge is 0.481 e. The lowest BCUT2D eigenvalue weighted by atomic mass is 9.84. The van der Waals surface area contributed by atoms with Crippen molar-refractivity contribution in [1.82, 2.24) is 9.80 Å². The van der Waals surface area contributed by atoms with Gasteiger partial charge in [-0.3, -0.25) is 14.6 Å². The van der Waals surface area contributed by atoms with Crippen LogP contribution in [0.3, 0.4) is 0 Å². The van der Waals surface area contributed by atoms with E-state index < -0.39 is 11.4 Å². The highest BCUT2D eigenvalue weighted by Crippen LogP contribution is 2.34. The van der Waals surface area contributed by atoms with Crippen molar-refractivity contribution >= 4 is 5.97 Å². The van der Waals surface area contributed by atoms with Crippen LogP contribution in [0, 0.1) is 11.3 Å². The van der Waals surface area contributed by atoms with Crippen LogP contribution >= 0.6 is 0 Å². The molecule has 5 heteroatoms. The average Bonchev–Trinajstić information content (AvgIpc) is 2.83. The Morgan fingerprint density at radius 1 is 1.38 bits per heavy atom. The third kappa shape index (κ3) is 4.18. The highest BCUT2D eigenvalue weighted by molar-refractivity contribution is 5.75. The fraction of sp³-hybridized carbons (Fsp3) is 0.938. The van der Waals surface area contributed by atoms with E-state index in [4.69, 9.17) is 4.74 Å². The number of aliphatic carboxylic acids is 1. The van der Waals surface area contributed by atoms with Crippen molar-refractivity contribution in [2.75, 3.05) is 45.9 Å². The van der Waals surface area contributed by atoms with Crippen LogP contribution in [0.1, 0.15) is 33.6 Å². The average molecular weight is 298 g/mol. The van der Waals surface area contributed by atoms with Gasteiger partial charge < -0.3 is 9.84 Å². The van der Waals surface area contributed by atoms with Crippen molar-refractivity contribution in [1.29, 1.82) is 0 Å². The van der Waals surface area contributed by atoms with Crippen molar-refractivity contribution < 1.29 is 14.6 Å². The molecule has 2 fully saturated rings. The van der Waals surface area contributed by atoms with Gasteiger partial charge in [0.05, 0.1) is 18.1 Å². The fourth-order valence-electron chi connectivity index (χ4n) is 3.59. The molecule has 1 N–H and O–H groups in total. The minimum Gasteiger partial charge on any atom is -0.481 e. The van der Waals surface area contributed by atoms with E-state index >= 15 is 0 Å². The number of carboxylic acid groups (broad SMARTS) is 1. The topological polar surface area (TPSA) is 53.0 Å². The summed E-state index contributed by atoms with van der Waals surface area (Å²) in [5.74, 6) is 0.0359. The lowest BCUT2D eigenvalue weighted by molar-refractivity contribution is -0.148. The van der Waals surface area contributed by atoms with Gasteiger partial charge in [-0.15, -0.1) is 0 Å². The predicted molar refractivity (Wildman–Crippen MR) is 82.4 cm³/mol. The summed E-state index contributed by atoms with van der Waals surface area (Å²) in [6, 6.07) is 0. The number of carboxylic acids is 1. The number of carbonyl (C=O) groups is 1. The summed E-state index contributed by atoms with van der Waals surface area (Å²) in [5, 5.41) is 9.46. The van der Waals surface area contributed by atoms with Crippen LogP contribution in [0.4, 0.5) is 0 Å². The Morgan fingerprint density at radius 3 is 2.71 bits per heavy atom. The predicted octanol–water partition coefficient (Wildman–Crippen LogP) is 1.53. The van der Waals surface area contributed by atoms with Crippen molar-refractivity contribution in [3.63, 3.8) is 0 Å². The quantitative estimate of drug-likeness (QED) is 0.806. The van der Waals surface area contributed by atoms with Crippen LogP contribution in [-0.4, -0.2) is 72.9 Å². The van der Waals surface area contributed by atoms with Gasteiger partial charge in [0.25, 0.3) is 0 Å². The van der Waals surface area contributed by atoms with E-state index in [0.29, 0.717) is 18.9 Å². The molecule has 122 valence electrons. The standard InChI is InChI=1S/C16H30N2O3/c1-4-16(15(19)20)5-6-18(12-16)11-14-10-17(7-8-21-14)9-13(2)3/h13-14H,4-12H2,1-3H3,(H,19,20). The van der Waals surface area contributed by atoms with Gasteiger partial charge in [-0.25, -0.2) is 0 Å². The third-order valence-electron chi connectivity index (χ3n) is 4.87. The first-order valence-electron chi connectivity index (χ1n) is 8.25. The highest BCUT2D eigenvalue weighted by atomic mass is 16.5. The summed E-state index contributed by atoms with van der Waals surface area (Å²) in [6.07, 6.45) is 1.70. The highest BCUT2D eigenvalue weighted by Gasteiger charge is 2.43. The van der Waals surface area contributed by atoms with Gasteiger partial charge in [0.2, 0.25) is 0 Å². The summed E-state index contributed by atoms with van der Waals surface area (Å²) < 4.78 is 5.88. The second-order valence-electron chi connectivity index (χ2n) is 7.07. The molecule has 21 heavy (non-hydrogen) atoms. The van der Waals surface area contributed by atoms with Gasteiger partial charge in [-0.2, -0.15) is 0 Å². The first-order chi connectivity index (χ1) is 9.95. The first-order valence-corrected chi connectivity index (χ1v) is 8.25. The molecule has 0 bridgehead atoms. The molecule has 2 atom stereocenters. The van der Waals surface area contributed by atoms with Crippen LogP contribution in [0.25, 0.3) is 0 Å². The number of morpholine rings is 1. The van der Waals surface area contributed by atoms with E-state index in [0.717, 1.165) is 45.8 Å². The molecular weight excluding hydrogens is 268 g/mol. The molecule has 2 aliphatic rings. The molecule has 0 aromatic rings. The summed E-state index contributed by atoms with van der Waals surface area (Å²) in [4.78, 5) is 16.2. The number of hydrogen-bond acceptors (Lipinski definition) is 4. The second kappa shape index (κ2) is 7.07. The molecule has 0 amide bonds. The molecule has 0 aromatic carbocycles. The lowest BCUT2D eigenvalue weighted by Crippen LogP contribution is -2.48. The molecule has 2 heterocycles. The van der Waals surface area contributed by atoms with Gasteiger partial charge in [0, 0.05) is 32.7 Å². The minimum atomic E-state index is -0.640. The molecule has 2 rings (SSSR count). The molecule has 0 aliphatic carbocycles. The number of ether oxygens (including phenoxy) is 1. The fourth-order valence-corrected chi connectivity index (χ4v) is 3.59. The monoisotopic (exact) mass is 298 g/mol. The van der Waals surface area contributed by atoms with Crippen molar-refractivity contribution in [3.8, 4) is 0 Å². The number of rotatable bonds is 6. The Hall–Kier alpha value is -0.650. The van der Waals surface area contributed by atoms with Crippen molar-refractivity contribution in [2.24, 2.45) is 11.3 Å². The Balaban J connectivity index is 1.84. The van der Waals surface area contributed by atoms with Gasteiger partial charge in [0.1, 0.15) is 0 Å². The van der Waals surface area contributed by atoms with E-state index in [1.54, 1.807) is 0 Å². The number of hydrogen-bond donors (Lipinski definition) is 1.